The highest BCUT2D eigenvalue weighted by Crippen LogP contribution is 2.29. The van der Waals surface area contributed by atoms with E-state index in [9.17, 15) is 8.42 Å². The zero-order chi connectivity index (χ0) is 15.6. The van der Waals surface area contributed by atoms with Gasteiger partial charge in [-0.2, -0.15) is 5.10 Å². The van der Waals surface area contributed by atoms with Crippen LogP contribution in [-0.2, 0) is 10.0 Å². The van der Waals surface area contributed by atoms with Crippen LogP contribution in [0.25, 0.3) is 0 Å². The van der Waals surface area contributed by atoms with Crippen molar-refractivity contribution in [3.8, 4) is 0 Å². The lowest BCUT2D eigenvalue weighted by Gasteiger charge is -2.31. The van der Waals surface area contributed by atoms with E-state index in [1.807, 2.05) is 17.8 Å². The van der Waals surface area contributed by atoms with Crippen LogP contribution in [0.15, 0.2) is 12.4 Å². The molecule has 1 aromatic heterocycles. The van der Waals surface area contributed by atoms with Crippen molar-refractivity contribution >= 4 is 10.0 Å². The fourth-order valence-electron chi connectivity index (χ4n) is 3.76. The summed E-state index contributed by atoms with van der Waals surface area (Å²) >= 11 is 0. The van der Waals surface area contributed by atoms with Gasteiger partial charge in [0.25, 0.3) is 0 Å². The summed E-state index contributed by atoms with van der Waals surface area (Å²) < 4.78 is 28.7. The molecule has 124 valence electrons. The Labute approximate surface area is 133 Å². The van der Waals surface area contributed by atoms with Gasteiger partial charge in [-0.3, -0.25) is 4.68 Å². The zero-order valence-corrected chi connectivity index (χ0v) is 14.3. The first-order valence-electron chi connectivity index (χ1n) is 8.53. The maximum atomic E-state index is 12.5. The molecule has 2 aliphatic rings. The molecule has 5 nitrogen and oxygen atoms in total. The van der Waals surface area contributed by atoms with Crippen molar-refractivity contribution in [3.05, 3.63) is 18.0 Å². The lowest BCUT2D eigenvalue weighted by molar-refractivity contribution is 0.260. The van der Waals surface area contributed by atoms with Gasteiger partial charge in [0.15, 0.2) is 0 Å². The molecule has 0 radical (unpaired) electrons. The van der Waals surface area contributed by atoms with Crippen molar-refractivity contribution in [1.82, 2.24) is 14.1 Å². The lowest BCUT2D eigenvalue weighted by atomic mass is 10.1. The molecule has 0 N–H and O–H groups in total. The average Bonchev–Trinajstić information content (AvgIpc) is 3.17. The topological polar surface area (TPSA) is 55.2 Å². The number of hydrogen-bond acceptors (Lipinski definition) is 3. The third kappa shape index (κ3) is 3.71. The minimum absolute atomic E-state index is 0.337. The molecule has 3 rings (SSSR count). The lowest BCUT2D eigenvalue weighted by Crippen LogP contribution is -2.40. The highest BCUT2D eigenvalue weighted by atomic mass is 32.2. The molecule has 2 fully saturated rings. The molecule has 22 heavy (non-hydrogen) atoms. The molecule has 0 amide bonds. The van der Waals surface area contributed by atoms with Crippen molar-refractivity contribution < 1.29 is 8.42 Å². The van der Waals surface area contributed by atoms with Crippen LogP contribution in [0.5, 0.6) is 0 Å². The van der Waals surface area contributed by atoms with Crippen molar-refractivity contribution in [2.75, 3.05) is 18.8 Å². The van der Waals surface area contributed by atoms with Gasteiger partial charge in [-0.05, 0) is 37.7 Å². The molecular formula is C16H27N3O2S. The number of aromatic nitrogens is 2. The molecule has 0 spiro atoms. The van der Waals surface area contributed by atoms with Crippen molar-refractivity contribution in [2.45, 2.75) is 57.9 Å². The van der Waals surface area contributed by atoms with Crippen LogP contribution in [0.4, 0.5) is 0 Å². The summed E-state index contributed by atoms with van der Waals surface area (Å²) in [4.78, 5) is 0. The number of sulfonamides is 1. The number of aryl methyl sites for hydroxylation is 1. The molecule has 0 atom stereocenters. The van der Waals surface area contributed by atoms with E-state index in [2.05, 4.69) is 11.3 Å². The number of nitrogens with zero attached hydrogens (tertiary/aromatic N) is 3. The van der Waals surface area contributed by atoms with Crippen LogP contribution in [0.3, 0.4) is 0 Å². The van der Waals surface area contributed by atoms with E-state index >= 15 is 0 Å². The SMILES string of the molecule is Cc1cnn(C2CCN(S(=O)(=O)CCC3CCCC3)CC2)c1. The minimum atomic E-state index is -3.07. The second-order valence-electron chi connectivity index (χ2n) is 6.88. The van der Waals surface area contributed by atoms with Gasteiger partial charge in [0, 0.05) is 19.3 Å². The fourth-order valence-corrected chi connectivity index (χ4v) is 5.42. The van der Waals surface area contributed by atoms with Gasteiger partial charge in [0.2, 0.25) is 10.0 Å². The van der Waals surface area contributed by atoms with Crippen LogP contribution in [0, 0.1) is 12.8 Å². The van der Waals surface area contributed by atoms with E-state index < -0.39 is 10.0 Å². The van der Waals surface area contributed by atoms with E-state index in [1.165, 1.54) is 25.7 Å². The van der Waals surface area contributed by atoms with E-state index in [0.717, 1.165) is 24.8 Å². The zero-order valence-electron chi connectivity index (χ0n) is 13.4. The first kappa shape index (κ1) is 16.0. The Bertz CT molecular complexity index is 582. The molecule has 1 saturated heterocycles. The predicted molar refractivity (Wildman–Crippen MR) is 87.2 cm³/mol. The van der Waals surface area contributed by atoms with Gasteiger partial charge in [-0.1, -0.05) is 25.7 Å². The van der Waals surface area contributed by atoms with E-state index in [-0.39, 0.29) is 0 Å². The molecule has 2 heterocycles. The summed E-state index contributed by atoms with van der Waals surface area (Å²) in [6.45, 7) is 3.30. The normalized spacial score (nSPS) is 22.4. The number of rotatable bonds is 5. The molecule has 1 aliphatic heterocycles. The molecule has 0 bridgehead atoms. The molecule has 1 saturated carbocycles. The standard InChI is InChI=1S/C16H27N3O2S/c1-14-12-17-19(13-14)16-6-9-18(10-7-16)22(20,21)11-8-15-4-2-3-5-15/h12-13,15-16H,2-11H2,1H3. The maximum Gasteiger partial charge on any atom is 0.214 e. The summed E-state index contributed by atoms with van der Waals surface area (Å²) in [5.41, 5.74) is 1.16. The quantitative estimate of drug-likeness (QED) is 0.836. The summed E-state index contributed by atoms with van der Waals surface area (Å²) in [5, 5.41) is 4.36. The minimum Gasteiger partial charge on any atom is -0.269 e. The van der Waals surface area contributed by atoms with Gasteiger partial charge in [0.1, 0.15) is 0 Å². The maximum absolute atomic E-state index is 12.5. The Morgan fingerprint density at radius 2 is 1.86 bits per heavy atom. The molecule has 1 aromatic rings. The third-order valence-electron chi connectivity index (χ3n) is 5.18. The molecular weight excluding hydrogens is 298 g/mol. The van der Waals surface area contributed by atoms with Crippen molar-refractivity contribution in [2.24, 2.45) is 5.92 Å². The smallest absolute Gasteiger partial charge is 0.214 e. The van der Waals surface area contributed by atoms with Gasteiger partial charge in [-0.15, -0.1) is 0 Å². The predicted octanol–water partition coefficient (Wildman–Crippen LogP) is 2.74. The molecule has 0 aromatic carbocycles. The van der Waals surface area contributed by atoms with Crippen LogP contribution in [-0.4, -0.2) is 41.3 Å². The van der Waals surface area contributed by atoms with Gasteiger partial charge in [-0.25, -0.2) is 12.7 Å². The van der Waals surface area contributed by atoms with Crippen LogP contribution in [0.1, 0.15) is 56.6 Å². The summed E-state index contributed by atoms with van der Waals surface area (Å²) in [6, 6.07) is 0.343. The Balaban J connectivity index is 1.51. The first-order chi connectivity index (χ1) is 10.5. The van der Waals surface area contributed by atoms with Gasteiger partial charge < -0.3 is 0 Å². The third-order valence-corrected chi connectivity index (χ3v) is 7.08. The first-order valence-corrected chi connectivity index (χ1v) is 10.1. The van der Waals surface area contributed by atoms with Crippen LogP contribution < -0.4 is 0 Å². The molecule has 6 heteroatoms. The number of piperidine rings is 1. The van der Waals surface area contributed by atoms with Crippen LogP contribution >= 0.6 is 0 Å². The second kappa shape index (κ2) is 6.71. The fraction of sp³-hybridized carbons (Fsp3) is 0.812. The summed E-state index contributed by atoms with van der Waals surface area (Å²) in [5.74, 6) is 0.975. The van der Waals surface area contributed by atoms with Crippen LogP contribution in [0.2, 0.25) is 0 Å². The molecule has 0 unspecified atom stereocenters. The summed E-state index contributed by atoms with van der Waals surface area (Å²) in [7, 11) is -3.07. The largest absolute Gasteiger partial charge is 0.269 e. The Morgan fingerprint density at radius 1 is 1.18 bits per heavy atom. The van der Waals surface area contributed by atoms with E-state index in [1.54, 1.807) is 4.31 Å². The molecule has 1 aliphatic carbocycles. The highest BCUT2D eigenvalue weighted by Gasteiger charge is 2.29. The van der Waals surface area contributed by atoms with Gasteiger partial charge >= 0.3 is 0 Å². The Kier molecular flexibility index (Phi) is 4.88. The number of hydrogen-bond donors (Lipinski definition) is 0. The average molecular weight is 325 g/mol. The monoisotopic (exact) mass is 325 g/mol. The van der Waals surface area contributed by atoms with Gasteiger partial charge in [0.05, 0.1) is 18.0 Å². The Morgan fingerprint density at radius 3 is 2.45 bits per heavy atom. The van der Waals surface area contributed by atoms with E-state index in [4.69, 9.17) is 0 Å². The van der Waals surface area contributed by atoms with Crippen molar-refractivity contribution in [3.63, 3.8) is 0 Å². The highest BCUT2D eigenvalue weighted by molar-refractivity contribution is 7.89. The Hall–Kier alpha value is -0.880. The van der Waals surface area contributed by atoms with E-state index in [0.29, 0.717) is 30.8 Å². The second-order valence-corrected chi connectivity index (χ2v) is 8.97. The van der Waals surface area contributed by atoms with Crippen molar-refractivity contribution in [1.29, 1.82) is 0 Å². The summed E-state index contributed by atoms with van der Waals surface area (Å²) in [6.07, 6.45) is 11.5.